The Morgan fingerprint density at radius 1 is 0.950 bits per heavy atom. The summed E-state index contributed by atoms with van der Waals surface area (Å²) < 4.78 is 43.0. The van der Waals surface area contributed by atoms with E-state index in [1.165, 1.54) is 18.2 Å². The summed E-state index contributed by atoms with van der Waals surface area (Å²) in [5.74, 6) is 0.486. The summed E-state index contributed by atoms with van der Waals surface area (Å²) in [4.78, 5) is 0. The quantitative estimate of drug-likeness (QED) is 0.692. The van der Waals surface area contributed by atoms with E-state index in [0.29, 0.717) is 22.3 Å². The maximum atomic E-state index is 12.5. The van der Waals surface area contributed by atoms with Crippen LogP contribution in [0, 0.1) is 0 Å². The highest BCUT2D eigenvalue weighted by molar-refractivity contribution is 5.87. The molecular formula is C15H9F3O2. The summed E-state index contributed by atoms with van der Waals surface area (Å²) in [5.41, 5.74) is 0.300. The minimum absolute atomic E-state index is 0.0735. The molecule has 3 rings (SSSR count). The number of halogens is 3. The third-order valence-corrected chi connectivity index (χ3v) is 3.04. The third-order valence-electron chi connectivity index (χ3n) is 3.04. The van der Waals surface area contributed by atoms with Gasteiger partial charge < -0.3 is 9.52 Å². The Kier molecular flexibility index (Phi) is 2.71. The van der Waals surface area contributed by atoms with Crippen LogP contribution in [0.1, 0.15) is 5.56 Å². The van der Waals surface area contributed by atoms with Gasteiger partial charge >= 0.3 is 6.18 Å². The molecule has 1 aromatic heterocycles. The van der Waals surface area contributed by atoms with Gasteiger partial charge in [-0.15, -0.1) is 0 Å². The molecule has 0 spiro atoms. The molecule has 0 aliphatic rings. The smallest absolute Gasteiger partial charge is 0.416 e. The fraction of sp³-hybridized carbons (Fsp3) is 0.0667. The molecule has 0 atom stereocenters. The van der Waals surface area contributed by atoms with Gasteiger partial charge in [0.2, 0.25) is 0 Å². The first kappa shape index (κ1) is 12.6. The Morgan fingerprint density at radius 3 is 2.25 bits per heavy atom. The van der Waals surface area contributed by atoms with Crippen molar-refractivity contribution in [1.29, 1.82) is 0 Å². The Morgan fingerprint density at radius 2 is 1.65 bits per heavy atom. The first-order chi connectivity index (χ1) is 9.45. The minimum atomic E-state index is -4.36. The molecule has 2 aromatic carbocycles. The molecule has 0 unspecified atom stereocenters. The lowest BCUT2D eigenvalue weighted by atomic mass is 10.1. The van der Waals surface area contributed by atoms with Gasteiger partial charge in [-0.25, -0.2) is 0 Å². The third kappa shape index (κ3) is 2.11. The molecule has 1 N–H and O–H groups in total. The Balaban J connectivity index is 2.05. The van der Waals surface area contributed by atoms with Crippen molar-refractivity contribution in [3.05, 3.63) is 54.1 Å². The zero-order valence-corrected chi connectivity index (χ0v) is 10.1. The van der Waals surface area contributed by atoms with Crippen LogP contribution in [0.5, 0.6) is 5.75 Å². The van der Waals surface area contributed by atoms with E-state index in [2.05, 4.69) is 0 Å². The van der Waals surface area contributed by atoms with E-state index >= 15 is 0 Å². The number of hydrogen-bond donors (Lipinski definition) is 1. The van der Waals surface area contributed by atoms with Crippen molar-refractivity contribution in [2.45, 2.75) is 6.18 Å². The van der Waals surface area contributed by atoms with Crippen LogP contribution in [0.25, 0.3) is 22.3 Å². The topological polar surface area (TPSA) is 33.4 Å². The van der Waals surface area contributed by atoms with Crippen molar-refractivity contribution in [2.24, 2.45) is 0 Å². The number of hydrogen-bond acceptors (Lipinski definition) is 2. The van der Waals surface area contributed by atoms with Gasteiger partial charge in [0.25, 0.3) is 0 Å². The molecule has 0 saturated carbocycles. The van der Waals surface area contributed by atoms with E-state index in [-0.39, 0.29) is 5.75 Å². The van der Waals surface area contributed by atoms with Gasteiger partial charge in [-0.2, -0.15) is 13.2 Å². The largest absolute Gasteiger partial charge is 0.507 e. The van der Waals surface area contributed by atoms with E-state index in [4.69, 9.17) is 4.42 Å². The summed E-state index contributed by atoms with van der Waals surface area (Å²) in [6.45, 7) is 0. The molecule has 0 bridgehead atoms. The maximum Gasteiger partial charge on any atom is 0.416 e. The van der Waals surface area contributed by atoms with Crippen LogP contribution >= 0.6 is 0 Å². The molecule has 0 saturated heterocycles. The first-order valence-electron chi connectivity index (χ1n) is 5.84. The lowest BCUT2D eigenvalue weighted by molar-refractivity contribution is -0.137. The number of benzene rings is 2. The summed E-state index contributed by atoms with van der Waals surface area (Å²) in [7, 11) is 0. The van der Waals surface area contributed by atoms with Gasteiger partial charge in [0.1, 0.15) is 17.1 Å². The molecule has 3 aromatic rings. The fourth-order valence-corrected chi connectivity index (χ4v) is 2.01. The van der Waals surface area contributed by atoms with Crippen molar-refractivity contribution >= 4 is 11.0 Å². The van der Waals surface area contributed by atoms with E-state index in [1.54, 1.807) is 18.2 Å². The highest BCUT2D eigenvalue weighted by atomic mass is 19.4. The number of phenols is 1. The van der Waals surface area contributed by atoms with Crippen molar-refractivity contribution in [1.82, 2.24) is 0 Å². The number of rotatable bonds is 1. The summed E-state index contributed by atoms with van der Waals surface area (Å²) in [6.07, 6.45) is -4.36. The predicted molar refractivity (Wildman–Crippen MR) is 68.3 cm³/mol. The maximum absolute atomic E-state index is 12.5. The van der Waals surface area contributed by atoms with Crippen LogP contribution in [0.15, 0.2) is 52.9 Å². The van der Waals surface area contributed by atoms with Gasteiger partial charge in [0.15, 0.2) is 0 Å². The van der Waals surface area contributed by atoms with Gasteiger partial charge in [-0.1, -0.05) is 18.2 Å². The van der Waals surface area contributed by atoms with E-state index in [9.17, 15) is 18.3 Å². The molecule has 0 radical (unpaired) electrons. The molecular weight excluding hydrogens is 269 g/mol. The highest BCUT2D eigenvalue weighted by Crippen LogP contribution is 2.34. The standard InChI is InChI=1S/C15H9F3O2/c16-15(17,18)10-6-4-9(5-7-10)14-8-11-12(19)2-1-3-13(11)20-14/h1-8,19H. The summed E-state index contributed by atoms with van der Waals surface area (Å²) in [5, 5.41) is 10.2. The normalized spacial score (nSPS) is 11.9. The number of phenolic OH excluding ortho intramolecular Hbond substituents is 1. The second kappa shape index (κ2) is 4.30. The second-order valence-electron chi connectivity index (χ2n) is 4.37. The molecule has 0 aliphatic carbocycles. The molecule has 0 amide bonds. The Bertz CT molecular complexity index is 755. The second-order valence-corrected chi connectivity index (χ2v) is 4.37. The first-order valence-corrected chi connectivity index (χ1v) is 5.84. The molecule has 2 nitrogen and oxygen atoms in total. The van der Waals surface area contributed by atoms with Crippen LogP contribution < -0.4 is 0 Å². The SMILES string of the molecule is Oc1cccc2oc(-c3ccc(C(F)(F)F)cc3)cc12. The lowest BCUT2D eigenvalue weighted by Gasteiger charge is -2.06. The van der Waals surface area contributed by atoms with Gasteiger partial charge in [-0.3, -0.25) is 0 Å². The van der Waals surface area contributed by atoms with E-state index < -0.39 is 11.7 Å². The number of furan rings is 1. The van der Waals surface area contributed by atoms with E-state index in [1.807, 2.05) is 0 Å². The van der Waals surface area contributed by atoms with Crippen molar-refractivity contribution in [3.63, 3.8) is 0 Å². The highest BCUT2D eigenvalue weighted by Gasteiger charge is 2.30. The molecule has 1 heterocycles. The fourth-order valence-electron chi connectivity index (χ4n) is 2.01. The van der Waals surface area contributed by atoms with E-state index in [0.717, 1.165) is 12.1 Å². The zero-order valence-electron chi connectivity index (χ0n) is 10.1. The van der Waals surface area contributed by atoms with Crippen LogP contribution in [-0.2, 0) is 6.18 Å². The van der Waals surface area contributed by atoms with Crippen molar-refractivity contribution in [3.8, 4) is 17.1 Å². The van der Waals surface area contributed by atoms with Crippen LogP contribution in [0.4, 0.5) is 13.2 Å². The van der Waals surface area contributed by atoms with Crippen LogP contribution in [0.3, 0.4) is 0 Å². The number of aromatic hydroxyl groups is 1. The van der Waals surface area contributed by atoms with Gasteiger partial charge in [0, 0.05) is 5.56 Å². The monoisotopic (exact) mass is 278 g/mol. The minimum Gasteiger partial charge on any atom is -0.507 e. The number of fused-ring (bicyclic) bond motifs is 1. The van der Waals surface area contributed by atoms with Crippen LogP contribution in [0.2, 0.25) is 0 Å². The molecule has 0 fully saturated rings. The Hall–Kier alpha value is -2.43. The Labute approximate surface area is 112 Å². The van der Waals surface area contributed by atoms with Gasteiger partial charge in [-0.05, 0) is 30.3 Å². The number of alkyl halides is 3. The average molecular weight is 278 g/mol. The molecule has 102 valence electrons. The lowest BCUT2D eigenvalue weighted by Crippen LogP contribution is -2.03. The van der Waals surface area contributed by atoms with Crippen molar-refractivity contribution < 1.29 is 22.7 Å². The molecule has 20 heavy (non-hydrogen) atoms. The zero-order chi connectivity index (χ0) is 14.3. The molecule has 0 aliphatic heterocycles. The van der Waals surface area contributed by atoms with Crippen LogP contribution in [-0.4, -0.2) is 5.11 Å². The predicted octanol–water partition coefficient (Wildman–Crippen LogP) is 4.82. The van der Waals surface area contributed by atoms with Crippen molar-refractivity contribution in [2.75, 3.05) is 0 Å². The summed E-state index contributed by atoms with van der Waals surface area (Å²) >= 11 is 0. The molecule has 5 heteroatoms. The average Bonchev–Trinajstić information content (AvgIpc) is 2.83. The summed E-state index contributed by atoms with van der Waals surface area (Å²) in [6, 6.07) is 11.1. The van der Waals surface area contributed by atoms with Gasteiger partial charge in [0.05, 0.1) is 10.9 Å².